The van der Waals surface area contributed by atoms with Gasteiger partial charge >= 0.3 is 0 Å². The lowest BCUT2D eigenvalue weighted by molar-refractivity contribution is 0.304. The van der Waals surface area contributed by atoms with Crippen molar-refractivity contribution in [2.45, 2.75) is 31.7 Å². The molecule has 0 aliphatic heterocycles. The lowest BCUT2D eigenvalue weighted by Crippen LogP contribution is -2.42. The Morgan fingerprint density at radius 1 is 1.38 bits per heavy atom. The van der Waals surface area contributed by atoms with Crippen molar-refractivity contribution in [3.05, 3.63) is 16.0 Å². The molecule has 0 atom stereocenters. The van der Waals surface area contributed by atoms with Gasteiger partial charge in [0, 0.05) is 21.5 Å². The molecule has 1 aromatic rings. The molecule has 1 N–H and O–H groups in total. The Hall–Kier alpha value is -0.390. The molecule has 70 valence electrons. The van der Waals surface area contributed by atoms with Crippen molar-refractivity contribution in [1.82, 2.24) is 9.97 Å². The molecule has 2 rings (SSSR count). The fraction of sp³-hybridized carbons (Fsp3) is 0.556. The topological polar surface area (TPSA) is 37.8 Å². The highest BCUT2D eigenvalue weighted by Gasteiger charge is 2.31. The Labute approximate surface area is 91.5 Å². The largest absolute Gasteiger partial charge is 0.349 e. The maximum Gasteiger partial charge on any atom is 0.223 e. The summed E-state index contributed by atoms with van der Waals surface area (Å²) in [6, 6.07) is 0. The monoisotopic (exact) mass is 289 g/mol. The molecule has 1 fully saturated rings. The van der Waals surface area contributed by atoms with Gasteiger partial charge < -0.3 is 5.32 Å². The van der Waals surface area contributed by atoms with Crippen molar-refractivity contribution >= 4 is 28.5 Å². The van der Waals surface area contributed by atoms with Crippen LogP contribution in [0.2, 0.25) is 0 Å². The van der Waals surface area contributed by atoms with Crippen LogP contribution >= 0.6 is 22.6 Å². The highest BCUT2D eigenvalue weighted by Crippen LogP contribution is 2.33. The van der Waals surface area contributed by atoms with Gasteiger partial charge in [-0.25, -0.2) is 9.97 Å². The van der Waals surface area contributed by atoms with E-state index in [1.54, 1.807) is 0 Å². The van der Waals surface area contributed by atoms with Crippen LogP contribution in [-0.2, 0) is 0 Å². The smallest absolute Gasteiger partial charge is 0.223 e. The van der Waals surface area contributed by atoms with E-state index in [4.69, 9.17) is 0 Å². The summed E-state index contributed by atoms with van der Waals surface area (Å²) >= 11 is 2.20. The van der Waals surface area contributed by atoms with Crippen molar-refractivity contribution in [1.29, 1.82) is 0 Å². The minimum atomic E-state index is 0.243. The molecule has 0 bridgehead atoms. The first-order valence-electron chi connectivity index (χ1n) is 4.44. The van der Waals surface area contributed by atoms with E-state index < -0.39 is 0 Å². The summed E-state index contributed by atoms with van der Waals surface area (Å²) in [5, 5.41) is 3.36. The van der Waals surface area contributed by atoms with E-state index in [1.165, 1.54) is 19.3 Å². The van der Waals surface area contributed by atoms with Gasteiger partial charge in [0.05, 0.1) is 0 Å². The standard InChI is InChI=1S/C9H12IN3/c1-9(3-2-4-9)13-8-11-5-7(10)6-12-8/h5-6H,2-4H2,1H3,(H,11,12,13). The third-order valence-corrected chi connectivity index (χ3v) is 3.05. The van der Waals surface area contributed by atoms with Crippen molar-refractivity contribution in [3.8, 4) is 0 Å². The highest BCUT2D eigenvalue weighted by atomic mass is 127. The van der Waals surface area contributed by atoms with E-state index in [9.17, 15) is 0 Å². The molecule has 3 nitrogen and oxygen atoms in total. The van der Waals surface area contributed by atoms with Crippen LogP contribution in [0.3, 0.4) is 0 Å². The molecule has 1 heterocycles. The molecule has 4 heteroatoms. The summed E-state index contributed by atoms with van der Waals surface area (Å²) in [6.45, 7) is 2.22. The van der Waals surface area contributed by atoms with Crippen LogP contribution in [0, 0.1) is 3.57 Å². The summed E-state index contributed by atoms with van der Waals surface area (Å²) in [4.78, 5) is 8.43. The second kappa shape index (κ2) is 3.40. The van der Waals surface area contributed by atoms with Crippen LogP contribution in [0.25, 0.3) is 0 Å². The molecule has 13 heavy (non-hydrogen) atoms. The minimum absolute atomic E-state index is 0.243. The van der Waals surface area contributed by atoms with Gasteiger partial charge in [-0.05, 0) is 48.8 Å². The molecule has 0 unspecified atom stereocenters. The van der Waals surface area contributed by atoms with E-state index in [2.05, 4.69) is 44.8 Å². The maximum atomic E-state index is 4.22. The lowest BCUT2D eigenvalue weighted by Gasteiger charge is -2.39. The summed E-state index contributed by atoms with van der Waals surface area (Å²) in [7, 11) is 0. The zero-order valence-corrected chi connectivity index (χ0v) is 9.71. The van der Waals surface area contributed by atoms with E-state index in [0.29, 0.717) is 0 Å². The second-order valence-electron chi connectivity index (χ2n) is 3.76. The van der Waals surface area contributed by atoms with Crippen LogP contribution in [0.1, 0.15) is 26.2 Å². The quantitative estimate of drug-likeness (QED) is 0.850. The molecule has 1 aliphatic carbocycles. The molecule has 1 saturated carbocycles. The summed E-state index contributed by atoms with van der Waals surface area (Å²) in [5.41, 5.74) is 0.243. The first-order valence-corrected chi connectivity index (χ1v) is 5.52. The molecule has 0 amide bonds. The van der Waals surface area contributed by atoms with Gasteiger partial charge in [-0.2, -0.15) is 0 Å². The first-order chi connectivity index (χ1) is 6.18. The fourth-order valence-corrected chi connectivity index (χ4v) is 1.76. The van der Waals surface area contributed by atoms with E-state index in [-0.39, 0.29) is 5.54 Å². The zero-order chi connectivity index (χ0) is 9.31. The zero-order valence-electron chi connectivity index (χ0n) is 7.55. The van der Waals surface area contributed by atoms with Crippen molar-refractivity contribution < 1.29 is 0 Å². The van der Waals surface area contributed by atoms with Gasteiger partial charge in [0.25, 0.3) is 0 Å². The number of hydrogen-bond acceptors (Lipinski definition) is 3. The number of anilines is 1. The molecule has 0 saturated heterocycles. The first kappa shape index (κ1) is 9.18. The van der Waals surface area contributed by atoms with Gasteiger partial charge in [0.2, 0.25) is 5.95 Å². The second-order valence-corrected chi connectivity index (χ2v) is 5.01. The van der Waals surface area contributed by atoms with E-state index >= 15 is 0 Å². The van der Waals surface area contributed by atoms with Crippen molar-refractivity contribution in [2.75, 3.05) is 5.32 Å². The SMILES string of the molecule is CC1(Nc2ncc(I)cn2)CCC1. The lowest BCUT2D eigenvalue weighted by atomic mass is 9.79. The van der Waals surface area contributed by atoms with E-state index in [1.807, 2.05) is 12.4 Å². The Bertz CT molecular complexity index is 292. The third-order valence-electron chi connectivity index (χ3n) is 2.49. The van der Waals surface area contributed by atoms with Crippen LogP contribution in [0.15, 0.2) is 12.4 Å². The van der Waals surface area contributed by atoms with Crippen LogP contribution in [0.5, 0.6) is 0 Å². The van der Waals surface area contributed by atoms with Crippen molar-refractivity contribution in [2.24, 2.45) is 0 Å². The van der Waals surface area contributed by atoms with Gasteiger partial charge in [-0.1, -0.05) is 0 Å². The number of hydrogen-bond donors (Lipinski definition) is 1. The predicted molar refractivity (Wildman–Crippen MR) is 60.6 cm³/mol. The van der Waals surface area contributed by atoms with Crippen LogP contribution < -0.4 is 5.32 Å². The average molecular weight is 289 g/mol. The van der Waals surface area contributed by atoms with Crippen LogP contribution in [-0.4, -0.2) is 15.5 Å². The molecule has 0 radical (unpaired) electrons. The number of nitrogens with one attached hydrogen (secondary N) is 1. The van der Waals surface area contributed by atoms with Crippen molar-refractivity contribution in [3.63, 3.8) is 0 Å². The van der Waals surface area contributed by atoms with E-state index in [0.717, 1.165) is 9.52 Å². The van der Waals surface area contributed by atoms with Gasteiger partial charge in [0.15, 0.2) is 0 Å². The number of rotatable bonds is 2. The highest BCUT2D eigenvalue weighted by molar-refractivity contribution is 14.1. The summed E-state index contributed by atoms with van der Waals surface area (Å²) in [5.74, 6) is 0.752. The Balaban J connectivity index is 2.05. The molecule has 1 aliphatic rings. The normalized spacial score (nSPS) is 19.2. The molecular weight excluding hydrogens is 277 g/mol. The summed E-state index contributed by atoms with van der Waals surface area (Å²) in [6.07, 6.45) is 7.42. The Morgan fingerprint density at radius 3 is 2.46 bits per heavy atom. The molecule has 0 spiro atoms. The molecular formula is C9H12IN3. The minimum Gasteiger partial charge on any atom is -0.349 e. The maximum absolute atomic E-state index is 4.22. The number of halogens is 1. The van der Waals surface area contributed by atoms with Crippen LogP contribution in [0.4, 0.5) is 5.95 Å². The molecule has 0 aromatic carbocycles. The number of aromatic nitrogens is 2. The van der Waals surface area contributed by atoms with Gasteiger partial charge in [0.1, 0.15) is 0 Å². The fourth-order valence-electron chi connectivity index (χ4n) is 1.48. The predicted octanol–water partition coefficient (Wildman–Crippen LogP) is 2.44. The average Bonchev–Trinajstić information content (AvgIpc) is 2.06. The number of nitrogens with zero attached hydrogens (tertiary/aromatic N) is 2. The Kier molecular flexibility index (Phi) is 2.40. The summed E-state index contributed by atoms with van der Waals surface area (Å²) < 4.78 is 1.07. The van der Waals surface area contributed by atoms with Gasteiger partial charge in [-0.15, -0.1) is 0 Å². The molecule has 1 aromatic heterocycles. The third kappa shape index (κ3) is 2.10. The Morgan fingerprint density at radius 2 is 2.00 bits per heavy atom. The van der Waals surface area contributed by atoms with Gasteiger partial charge in [-0.3, -0.25) is 0 Å².